The number of H-pyrrole nitrogens is 1. The highest BCUT2D eigenvalue weighted by Gasteiger charge is 2.28. The summed E-state index contributed by atoms with van der Waals surface area (Å²) in [4.78, 5) is 2.63. The van der Waals surface area contributed by atoms with E-state index in [4.69, 9.17) is 4.74 Å². The van der Waals surface area contributed by atoms with Crippen molar-refractivity contribution in [3.8, 4) is 0 Å². The highest BCUT2D eigenvalue weighted by Crippen LogP contribution is 2.33. The molecule has 1 atom stereocenters. The number of benzene rings is 1. The van der Waals surface area contributed by atoms with E-state index in [0.29, 0.717) is 12.0 Å². The van der Waals surface area contributed by atoms with Crippen LogP contribution in [0.2, 0.25) is 0 Å². The summed E-state index contributed by atoms with van der Waals surface area (Å²) in [6.07, 6.45) is 5.65. The summed E-state index contributed by atoms with van der Waals surface area (Å²) in [6.45, 7) is 6.53. The summed E-state index contributed by atoms with van der Waals surface area (Å²) < 4.78 is 5.53. The second-order valence-electron chi connectivity index (χ2n) is 6.49. The number of aromatic amines is 1. The molecule has 3 heterocycles. The van der Waals surface area contributed by atoms with Crippen LogP contribution in [0.4, 0.5) is 0 Å². The molecule has 4 nitrogen and oxygen atoms in total. The molecule has 112 valence electrons. The second kappa shape index (κ2) is 5.43. The van der Waals surface area contributed by atoms with E-state index in [1.165, 1.54) is 54.4 Å². The van der Waals surface area contributed by atoms with Gasteiger partial charge in [-0.25, -0.2) is 0 Å². The van der Waals surface area contributed by atoms with Crippen molar-refractivity contribution in [1.29, 1.82) is 0 Å². The molecule has 4 rings (SSSR count). The Morgan fingerprint density at radius 3 is 2.86 bits per heavy atom. The van der Waals surface area contributed by atoms with Crippen LogP contribution in [-0.2, 0) is 4.74 Å². The minimum Gasteiger partial charge on any atom is -0.380 e. The molecule has 0 aliphatic carbocycles. The molecular formula is C17H23N3O. The van der Waals surface area contributed by atoms with Gasteiger partial charge in [0.25, 0.3) is 0 Å². The third-order valence-electron chi connectivity index (χ3n) is 5.22. The average molecular weight is 285 g/mol. The van der Waals surface area contributed by atoms with Gasteiger partial charge in [-0.15, -0.1) is 0 Å². The zero-order valence-corrected chi connectivity index (χ0v) is 12.6. The number of nitrogens with one attached hydrogen (secondary N) is 1. The number of hydrogen-bond acceptors (Lipinski definition) is 3. The molecule has 0 saturated carbocycles. The van der Waals surface area contributed by atoms with Crippen molar-refractivity contribution in [2.45, 2.75) is 38.1 Å². The highest BCUT2D eigenvalue weighted by atomic mass is 16.5. The van der Waals surface area contributed by atoms with Crippen LogP contribution < -0.4 is 0 Å². The van der Waals surface area contributed by atoms with Crippen molar-refractivity contribution in [2.24, 2.45) is 0 Å². The first-order valence-corrected chi connectivity index (χ1v) is 8.06. The zero-order valence-electron chi connectivity index (χ0n) is 12.6. The topological polar surface area (TPSA) is 41.2 Å². The fourth-order valence-corrected chi connectivity index (χ4v) is 3.95. The lowest BCUT2D eigenvalue weighted by Crippen LogP contribution is -2.41. The molecule has 1 aromatic carbocycles. The van der Waals surface area contributed by atoms with E-state index in [0.717, 1.165) is 13.2 Å². The van der Waals surface area contributed by atoms with Crippen LogP contribution in [-0.4, -0.2) is 47.4 Å². The standard InChI is InChI=1S/C17H23N3O/c1-12-8-14-10-18-19-17(14)9-16(12)13-2-5-20(6-3-13)15-4-7-21-11-15/h8-10,13,15H,2-7,11H2,1H3,(H,18,19). The van der Waals surface area contributed by atoms with Crippen molar-refractivity contribution in [2.75, 3.05) is 26.3 Å². The highest BCUT2D eigenvalue weighted by molar-refractivity contribution is 5.79. The van der Waals surface area contributed by atoms with Crippen molar-refractivity contribution >= 4 is 10.9 Å². The number of nitrogens with zero attached hydrogens (tertiary/aromatic N) is 2. The summed E-state index contributed by atoms with van der Waals surface area (Å²) in [5, 5.41) is 8.47. The lowest BCUT2D eigenvalue weighted by atomic mass is 9.86. The maximum Gasteiger partial charge on any atom is 0.0653 e. The number of aromatic nitrogens is 2. The summed E-state index contributed by atoms with van der Waals surface area (Å²) in [5.41, 5.74) is 4.09. The van der Waals surface area contributed by atoms with Gasteiger partial charge in [-0.3, -0.25) is 10.00 Å². The van der Waals surface area contributed by atoms with Crippen molar-refractivity contribution < 1.29 is 4.74 Å². The van der Waals surface area contributed by atoms with E-state index in [-0.39, 0.29) is 0 Å². The Kier molecular flexibility index (Phi) is 3.43. The molecule has 1 unspecified atom stereocenters. The van der Waals surface area contributed by atoms with E-state index in [1.807, 2.05) is 6.20 Å². The molecule has 2 aliphatic heterocycles. The zero-order chi connectivity index (χ0) is 14.2. The van der Waals surface area contributed by atoms with E-state index in [2.05, 4.69) is 34.2 Å². The molecule has 0 radical (unpaired) electrons. The van der Waals surface area contributed by atoms with Crippen LogP contribution in [0.5, 0.6) is 0 Å². The molecule has 2 fully saturated rings. The second-order valence-corrected chi connectivity index (χ2v) is 6.49. The van der Waals surface area contributed by atoms with E-state index in [9.17, 15) is 0 Å². The van der Waals surface area contributed by atoms with Gasteiger partial charge in [0.05, 0.1) is 18.3 Å². The van der Waals surface area contributed by atoms with Gasteiger partial charge in [0.2, 0.25) is 0 Å². The number of hydrogen-bond donors (Lipinski definition) is 1. The molecule has 2 aliphatic rings. The van der Waals surface area contributed by atoms with E-state index < -0.39 is 0 Å². The number of piperidine rings is 1. The fraction of sp³-hybridized carbons (Fsp3) is 0.588. The lowest BCUT2D eigenvalue weighted by molar-refractivity contribution is 0.122. The Hall–Kier alpha value is -1.39. The monoisotopic (exact) mass is 285 g/mol. The van der Waals surface area contributed by atoms with E-state index in [1.54, 1.807) is 0 Å². The predicted molar refractivity (Wildman–Crippen MR) is 83.6 cm³/mol. The largest absolute Gasteiger partial charge is 0.380 e. The number of rotatable bonds is 2. The molecule has 0 bridgehead atoms. The summed E-state index contributed by atoms with van der Waals surface area (Å²) in [5.74, 6) is 0.691. The van der Waals surface area contributed by atoms with Crippen LogP contribution >= 0.6 is 0 Å². The Morgan fingerprint density at radius 2 is 2.10 bits per heavy atom. The van der Waals surface area contributed by atoms with Gasteiger partial charge in [0.1, 0.15) is 0 Å². The summed E-state index contributed by atoms with van der Waals surface area (Å²) in [7, 11) is 0. The third kappa shape index (κ3) is 2.47. The number of ether oxygens (including phenoxy) is 1. The quantitative estimate of drug-likeness (QED) is 0.922. The fourth-order valence-electron chi connectivity index (χ4n) is 3.95. The van der Waals surface area contributed by atoms with Gasteiger partial charge in [-0.2, -0.15) is 5.10 Å². The van der Waals surface area contributed by atoms with E-state index >= 15 is 0 Å². The Labute approximate surface area is 125 Å². The minimum atomic E-state index is 0.669. The molecule has 1 aromatic heterocycles. The molecule has 4 heteroatoms. The number of fused-ring (bicyclic) bond motifs is 1. The summed E-state index contributed by atoms with van der Waals surface area (Å²) >= 11 is 0. The Balaban J connectivity index is 1.50. The van der Waals surface area contributed by atoms with Gasteiger partial charge < -0.3 is 4.74 Å². The van der Waals surface area contributed by atoms with Crippen LogP contribution in [0.25, 0.3) is 10.9 Å². The Bertz CT molecular complexity index is 622. The van der Waals surface area contributed by atoms with Gasteiger partial charge in [-0.05, 0) is 68.5 Å². The molecule has 21 heavy (non-hydrogen) atoms. The minimum absolute atomic E-state index is 0.669. The van der Waals surface area contributed by atoms with Gasteiger partial charge in [0.15, 0.2) is 0 Å². The number of likely N-dealkylation sites (tertiary alicyclic amines) is 1. The average Bonchev–Trinajstić information content (AvgIpc) is 3.17. The van der Waals surface area contributed by atoms with Crippen molar-refractivity contribution in [3.63, 3.8) is 0 Å². The molecule has 0 spiro atoms. The van der Waals surface area contributed by atoms with Crippen molar-refractivity contribution in [1.82, 2.24) is 15.1 Å². The lowest BCUT2D eigenvalue weighted by Gasteiger charge is -2.36. The summed E-state index contributed by atoms with van der Waals surface area (Å²) in [6, 6.07) is 5.25. The SMILES string of the molecule is Cc1cc2cn[nH]c2cc1C1CCN(C2CCOC2)CC1. The van der Waals surface area contributed by atoms with Crippen LogP contribution in [0, 0.1) is 6.92 Å². The molecule has 0 amide bonds. The molecule has 1 N–H and O–H groups in total. The first-order valence-electron chi connectivity index (χ1n) is 8.06. The Morgan fingerprint density at radius 1 is 1.24 bits per heavy atom. The predicted octanol–water partition coefficient (Wildman–Crippen LogP) is 2.84. The van der Waals surface area contributed by atoms with Crippen LogP contribution in [0.15, 0.2) is 18.3 Å². The molecular weight excluding hydrogens is 262 g/mol. The third-order valence-corrected chi connectivity index (χ3v) is 5.22. The number of aryl methyl sites for hydroxylation is 1. The molecule has 2 saturated heterocycles. The van der Waals surface area contributed by atoms with Gasteiger partial charge >= 0.3 is 0 Å². The normalized spacial score (nSPS) is 24.9. The van der Waals surface area contributed by atoms with Gasteiger partial charge in [0, 0.05) is 18.0 Å². The smallest absolute Gasteiger partial charge is 0.0653 e. The van der Waals surface area contributed by atoms with Gasteiger partial charge in [-0.1, -0.05) is 0 Å². The maximum atomic E-state index is 5.53. The molecule has 2 aromatic rings. The first kappa shape index (κ1) is 13.3. The van der Waals surface area contributed by atoms with Crippen LogP contribution in [0.1, 0.15) is 36.3 Å². The van der Waals surface area contributed by atoms with Crippen LogP contribution in [0.3, 0.4) is 0 Å². The first-order chi connectivity index (χ1) is 10.3. The maximum absolute atomic E-state index is 5.53. The van der Waals surface area contributed by atoms with Crippen molar-refractivity contribution in [3.05, 3.63) is 29.5 Å².